The first-order valence-electron chi connectivity index (χ1n) is 4.90. The molecule has 0 radical (unpaired) electrons. The molecule has 2 atom stereocenters. The summed E-state index contributed by atoms with van der Waals surface area (Å²) in [5, 5.41) is 10.00. The van der Waals surface area contributed by atoms with Crippen LogP contribution in [0.1, 0.15) is 18.6 Å². The number of ether oxygens (including phenoxy) is 1. The van der Waals surface area contributed by atoms with E-state index in [0.29, 0.717) is 11.3 Å². The lowest BCUT2D eigenvalue weighted by Gasteiger charge is -2.26. The highest BCUT2D eigenvalue weighted by molar-refractivity contribution is 7.93. The van der Waals surface area contributed by atoms with Crippen molar-refractivity contribution in [2.45, 2.75) is 17.2 Å². The van der Waals surface area contributed by atoms with Gasteiger partial charge in [-0.15, -0.1) is 0 Å². The van der Waals surface area contributed by atoms with E-state index in [0.717, 1.165) is 6.26 Å². The van der Waals surface area contributed by atoms with Gasteiger partial charge in [-0.05, 0) is 24.6 Å². The topological polar surface area (TPSA) is 63.6 Å². The third-order valence-electron chi connectivity index (χ3n) is 2.64. The quantitative estimate of drug-likeness (QED) is 0.852. The fourth-order valence-corrected chi connectivity index (χ4v) is 1.95. The minimum Gasteiger partial charge on any atom is -0.497 e. The molecule has 1 rings (SSSR count). The lowest BCUT2D eigenvalue weighted by molar-refractivity contribution is 0.163. The molecule has 0 spiro atoms. The van der Waals surface area contributed by atoms with Crippen LogP contribution in [0.3, 0.4) is 0 Å². The molecule has 0 saturated heterocycles. The first-order valence-corrected chi connectivity index (χ1v) is 7.17. The van der Waals surface area contributed by atoms with Gasteiger partial charge in [-0.1, -0.05) is 23.7 Å². The first kappa shape index (κ1) is 14.3. The summed E-state index contributed by atoms with van der Waals surface area (Å²) in [6.07, 6.45) is -0.308. The number of methoxy groups -OCH3 is 1. The summed E-state index contributed by atoms with van der Waals surface area (Å²) in [6.45, 7) is 1.28. The van der Waals surface area contributed by atoms with E-state index in [9.17, 15) is 13.5 Å². The Morgan fingerprint density at radius 2 is 1.82 bits per heavy atom. The number of benzene rings is 1. The predicted octanol–water partition coefficient (Wildman–Crippen LogP) is 1.73. The number of rotatable bonds is 4. The molecule has 0 aromatic heterocycles. The highest BCUT2D eigenvalue weighted by Gasteiger charge is 2.41. The highest BCUT2D eigenvalue weighted by atomic mass is 35.5. The molecular formula is C11H15ClO4S. The number of alkyl halides is 1. The van der Waals surface area contributed by atoms with Crippen molar-refractivity contribution < 1.29 is 18.3 Å². The maximum absolute atomic E-state index is 11.5. The molecule has 0 aliphatic heterocycles. The van der Waals surface area contributed by atoms with Crippen LogP contribution < -0.4 is 4.74 Å². The van der Waals surface area contributed by atoms with E-state index in [4.69, 9.17) is 16.3 Å². The summed E-state index contributed by atoms with van der Waals surface area (Å²) in [7, 11) is -2.06. The maximum atomic E-state index is 11.5. The van der Waals surface area contributed by atoms with Crippen molar-refractivity contribution >= 4 is 21.4 Å². The van der Waals surface area contributed by atoms with Crippen molar-refractivity contribution in [3.63, 3.8) is 0 Å². The van der Waals surface area contributed by atoms with Gasteiger partial charge in [0.2, 0.25) is 0 Å². The Morgan fingerprint density at radius 3 is 2.18 bits per heavy atom. The summed E-state index contributed by atoms with van der Waals surface area (Å²) in [4.78, 5) is 0. The Morgan fingerprint density at radius 1 is 1.35 bits per heavy atom. The minimum absolute atomic E-state index is 0.425. The Kier molecular flexibility index (Phi) is 4.06. The fraction of sp³-hybridized carbons (Fsp3) is 0.455. The van der Waals surface area contributed by atoms with Gasteiger partial charge in [0.25, 0.3) is 0 Å². The number of sulfone groups is 1. The first-order chi connectivity index (χ1) is 7.70. The average Bonchev–Trinajstić information content (AvgIpc) is 2.26. The van der Waals surface area contributed by atoms with Crippen LogP contribution in [-0.2, 0) is 9.84 Å². The van der Waals surface area contributed by atoms with E-state index in [2.05, 4.69) is 0 Å². The van der Waals surface area contributed by atoms with Gasteiger partial charge in [0.15, 0.2) is 14.0 Å². The van der Waals surface area contributed by atoms with Gasteiger partial charge in [0, 0.05) is 6.26 Å². The van der Waals surface area contributed by atoms with E-state index in [1.54, 1.807) is 24.3 Å². The molecule has 96 valence electrons. The van der Waals surface area contributed by atoms with Crippen molar-refractivity contribution in [1.82, 2.24) is 0 Å². The van der Waals surface area contributed by atoms with Crippen molar-refractivity contribution in [2.24, 2.45) is 0 Å². The number of hydrogen-bond donors (Lipinski definition) is 1. The Balaban J connectivity index is 3.08. The molecule has 17 heavy (non-hydrogen) atoms. The van der Waals surface area contributed by atoms with Crippen molar-refractivity contribution in [2.75, 3.05) is 13.4 Å². The van der Waals surface area contributed by atoms with E-state index >= 15 is 0 Å². The maximum Gasteiger partial charge on any atom is 0.172 e. The van der Waals surface area contributed by atoms with Gasteiger partial charge in [-0.3, -0.25) is 0 Å². The summed E-state index contributed by atoms with van der Waals surface area (Å²) in [5.41, 5.74) is 0.425. The molecule has 1 N–H and O–H groups in total. The van der Waals surface area contributed by atoms with Crippen molar-refractivity contribution in [1.29, 1.82) is 0 Å². The number of aliphatic hydroxyl groups is 1. The van der Waals surface area contributed by atoms with E-state index in [1.165, 1.54) is 14.0 Å². The van der Waals surface area contributed by atoms with Crippen LogP contribution in [0, 0.1) is 0 Å². The smallest absolute Gasteiger partial charge is 0.172 e. The molecule has 6 heteroatoms. The zero-order valence-corrected chi connectivity index (χ0v) is 11.4. The molecule has 0 saturated carbocycles. The van der Waals surface area contributed by atoms with Crippen LogP contribution >= 0.6 is 11.6 Å². The molecule has 1 aromatic rings. The van der Waals surface area contributed by atoms with Crippen LogP contribution in [0.2, 0.25) is 0 Å². The van der Waals surface area contributed by atoms with Gasteiger partial charge < -0.3 is 9.84 Å². The Hall–Kier alpha value is -0.780. The molecule has 0 heterocycles. The Labute approximate surface area is 106 Å². The average molecular weight is 279 g/mol. The van der Waals surface area contributed by atoms with Gasteiger partial charge in [0.05, 0.1) is 7.11 Å². The SMILES string of the molecule is COc1ccc([C@H](O)[C@](C)(Cl)S(C)(=O)=O)cc1. The largest absolute Gasteiger partial charge is 0.497 e. The molecule has 0 unspecified atom stereocenters. The van der Waals surface area contributed by atoms with Crippen LogP contribution in [0.15, 0.2) is 24.3 Å². The Bertz CT molecular complexity index is 479. The number of aliphatic hydroxyl groups excluding tert-OH is 1. The van der Waals surface area contributed by atoms with Crippen LogP contribution in [0.5, 0.6) is 5.75 Å². The van der Waals surface area contributed by atoms with Gasteiger partial charge >= 0.3 is 0 Å². The standard InChI is InChI=1S/C11H15ClO4S/c1-11(12,17(3,14)15)10(13)8-4-6-9(16-2)7-5-8/h4-7,10,13H,1-3H3/t10-,11+/m0/s1. The summed E-state index contributed by atoms with van der Waals surface area (Å²) >= 11 is 5.90. The van der Waals surface area contributed by atoms with Gasteiger partial charge in [-0.2, -0.15) is 0 Å². The normalized spacial score (nSPS) is 17.2. The van der Waals surface area contributed by atoms with Crippen LogP contribution in [0.25, 0.3) is 0 Å². The zero-order valence-electron chi connectivity index (χ0n) is 9.84. The van der Waals surface area contributed by atoms with Gasteiger partial charge in [0.1, 0.15) is 11.9 Å². The van der Waals surface area contributed by atoms with E-state index in [1.807, 2.05) is 0 Å². The number of hydrogen-bond acceptors (Lipinski definition) is 4. The second-order valence-electron chi connectivity index (χ2n) is 3.93. The monoisotopic (exact) mass is 278 g/mol. The van der Waals surface area contributed by atoms with E-state index < -0.39 is 20.1 Å². The summed E-state index contributed by atoms with van der Waals surface area (Å²) in [5.74, 6) is 0.622. The van der Waals surface area contributed by atoms with Crippen LogP contribution in [0.4, 0.5) is 0 Å². The van der Waals surface area contributed by atoms with E-state index in [-0.39, 0.29) is 0 Å². The number of halogens is 1. The summed E-state index contributed by atoms with van der Waals surface area (Å²) < 4.78 is 26.2. The minimum atomic E-state index is -3.58. The molecule has 1 aromatic carbocycles. The molecule has 0 aliphatic rings. The molecule has 4 nitrogen and oxygen atoms in total. The van der Waals surface area contributed by atoms with Gasteiger partial charge in [-0.25, -0.2) is 8.42 Å². The molecule has 0 aliphatic carbocycles. The third kappa shape index (κ3) is 2.91. The molecule has 0 amide bonds. The predicted molar refractivity (Wildman–Crippen MR) is 67.1 cm³/mol. The highest BCUT2D eigenvalue weighted by Crippen LogP contribution is 2.36. The van der Waals surface area contributed by atoms with Crippen molar-refractivity contribution in [3.8, 4) is 5.75 Å². The van der Waals surface area contributed by atoms with Crippen LogP contribution in [-0.4, -0.2) is 31.1 Å². The lowest BCUT2D eigenvalue weighted by Crippen LogP contribution is -2.35. The molecule has 0 fully saturated rings. The summed E-state index contributed by atoms with van der Waals surface area (Å²) in [6, 6.07) is 6.42. The molecular weight excluding hydrogens is 264 g/mol. The van der Waals surface area contributed by atoms with Crippen molar-refractivity contribution in [3.05, 3.63) is 29.8 Å². The second-order valence-corrected chi connectivity index (χ2v) is 7.34. The fourth-order valence-electron chi connectivity index (χ4n) is 1.29. The second kappa shape index (κ2) is 4.84. The lowest BCUT2D eigenvalue weighted by atomic mass is 10.1. The molecule has 0 bridgehead atoms. The third-order valence-corrected chi connectivity index (χ3v) is 5.37. The zero-order chi connectivity index (χ0) is 13.3.